The molecule has 19 heavy (non-hydrogen) atoms. The van der Waals surface area contributed by atoms with Crippen LogP contribution in [0.25, 0.3) is 0 Å². The molecule has 0 spiro atoms. The number of carbonyl (C=O) groups is 1. The van der Waals surface area contributed by atoms with Crippen LogP contribution in [0.2, 0.25) is 5.02 Å². The number of ether oxygens (including phenoxy) is 1. The van der Waals surface area contributed by atoms with Crippen molar-refractivity contribution in [1.29, 1.82) is 0 Å². The Morgan fingerprint density at radius 1 is 1.37 bits per heavy atom. The summed E-state index contributed by atoms with van der Waals surface area (Å²) in [6, 6.07) is 7.68. The Kier molecular flexibility index (Phi) is 3.27. The lowest BCUT2D eigenvalue weighted by atomic mass is 9.94. The third-order valence-corrected chi connectivity index (χ3v) is 4.54. The van der Waals surface area contributed by atoms with Crippen LogP contribution in [0.4, 0.5) is 0 Å². The molecular formula is C15H18ClNO2. The average Bonchev–Trinajstić information content (AvgIpc) is 3.09. The highest BCUT2D eigenvalue weighted by atomic mass is 35.5. The number of methoxy groups -OCH3 is 1. The molecule has 102 valence electrons. The third kappa shape index (κ3) is 2.15. The van der Waals surface area contributed by atoms with Gasteiger partial charge in [0.2, 0.25) is 5.91 Å². The standard InChI is InChI=1S/C15H18ClNO2/c1-19-13-3-2-10-17(13)14(18)15(8-9-15)11-4-6-12(16)7-5-11/h4-7,13H,2-3,8-10H2,1H3/t13-/m0/s1. The van der Waals surface area contributed by atoms with Gasteiger partial charge in [-0.3, -0.25) is 4.79 Å². The minimum atomic E-state index is -0.314. The number of carbonyl (C=O) groups excluding carboxylic acids is 1. The molecule has 1 aromatic carbocycles. The fourth-order valence-electron chi connectivity index (χ4n) is 3.01. The van der Waals surface area contributed by atoms with Gasteiger partial charge in [-0.05, 0) is 43.4 Å². The van der Waals surface area contributed by atoms with Gasteiger partial charge in [0.15, 0.2) is 0 Å². The van der Waals surface area contributed by atoms with Crippen LogP contribution in [0.15, 0.2) is 24.3 Å². The zero-order valence-electron chi connectivity index (χ0n) is 11.1. The molecule has 1 amide bonds. The summed E-state index contributed by atoms with van der Waals surface area (Å²) in [4.78, 5) is 14.7. The maximum atomic E-state index is 12.8. The van der Waals surface area contributed by atoms with E-state index in [0.717, 1.165) is 37.8 Å². The lowest BCUT2D eigenvalue weighted by molar-refractivity contribution is -0.142. The Hall–Kier alpha value is -1.06. The van der Waals surface area contributed by atoms with Crippen LogP contribution in [-0.4, -0.2) is 30.7 Å². The average molecular weight is 280 g/mol. The van der Waals surface area contributed by atoms with Crippen molar-refractivity contribution in [2.75, 3.05) is 13.7 Å². The van der Waals surface area contributed by atoms with E-state index >= 15 is 0 Å². The number of benzene rings is 1. The molecule has 3 nitrogen and oxygen atoms in total. The van der Waals surface area contributed by atoms with E-state index in [9.17, 15) is 4.79 Å². The van der Waals surface area contributed by atoms with Gasteiger partial charge in [0, 0.05) is 18.7 Å². The Balaban J connectivity index is 1.84. The molecule has 1 atom stereocenters. The van der Waals surface area contributed by atoms with E-state index in [-0.39, 0.29) is 17.6 Å². The molecular weight excluding hydrogens is 262 g/mol. The number of rotatable bonds is 3. The number of likely N-dealkylation sites (tertiary alicyclic amines) is 1. The molecule has 1 heterocycles. The van der Waals surface area contributed by atoms with E-state index in [4.69, 9.17) is 16.3 Å². The highest BCUT2D eigenvalue weighted by Crippen LogP contribution is 2.50. The molecule has 1 saturated heterocycles. The van der Waals surface area contributed by atoms with E-state index in [0.29, 0.717) is 5.02 Å². The molecule has 0 radical (unpaired) electrons. The molecule has 0 N–H and O–H groups in total. The van der Waals surface area contributed by atoms with Crippen LogP contribution in [0.5, 0.6) is 0 Å². The summed E-state index contributed by atoms with van der Waals surface area (Å²) in [6.07, 6.45) is 3.79. The highest BCUT2D eigenvalue weighted by molar-refractivity contribution is 6.30. The molecule has 1 aromatic rings. The minimum absolute atomic E-state index is 0.0442. The molecule has 3 rings (SSSR count). The van der Waals surface area contributed by atoms with Crippen molar-refractivity contribution in [2.45, 2.75) is 37.3 Å². The van der Waals surface area contributed by atoms with Gasteiger partial charge in [0.25, 0.3) is 0 Å². The normalized spacial score (nSPS) is 24.5. The first kappa shape index (κ1) is 12.9. The van der Waals surface area contributed by atoms with E-state index in [2.05, 4.69) is 0 Å². The van der Waals surface area contributed by atoms with Gasteiger partial charge in [0.05, 0.1) is 5.41 Å². The van der Waals surface area contributed by atoms with Gasteiger partial charge in [0.1, 0.15) is 6.23 Å². The Morgan fingerprint density at radius 3 is 2.63 bits per heavy atom. The van der Waals surface area contributed by atoms with Crippen LogP contribution in [0.3, 0.4) is 0 Å². The van der Waals surface area contributed by atoms with Crippen molar-refractivity contribution in [3.8, 4) is 0 Å². The van der Waals surface area contributed by atoms with Crippen LogP contribution in [-0.2, 0) is 14.9 Å². The zero-order chi connectivity index (χ0) is 13.5. The Bertz CT molecular complexity index is 481. The zero-order valence-corrected chi connectivity index (χ0v) is 11.8. The number of nitrogens with zero attached hydrogens (tertiary/aromatic N) is 1. The fourth-order valence-corrected chi connectivity index (χ4v) is 3.13. The highest BCUT2D eigenvalue weighted by Gasteiger charge is 2.54. The molecule has 0 unspecified atom stereocenters. The van der Waals surface area contributed by atoms with Crippen molar-refractivity contribution in [3.05, 3.63) is 34.9 Å². The maximum absolute atomic E-state index is 12.8. The first-order chi connectivity index (χ1) is 9.17. The van der Waals surface area contributed by atoms with Crippen molar-refractivity contribution < 1.29 is 9.53 Å². The van der Waals surface area contributed by atoms with Gasteiger partial charge in [-0.15, -0.1) is 0 Å². The summed E-state index contributed by atoms with van der Waals surface area (Å²) in [5.41, 5.74) is 0.773. The molecule has 1 saturated carbocycles. The first-order valence-corrected chi connectivity index (χ1v) is 7.15. The van der Waals surface area contributed by atoms with E-state index in [1.807, 2.05) is 29.2 Å². The topological polar surface area (TPSA) is 29.5 Å². The summed E-state index contributed by atoms with van der Waals surface area (Å²) in [5, 5.41) is 0.711. The minimum Gasteiger partial charge on any atom is -0.362 e. The smallest absolute Gasteiger partial charge is 0.235 e. The van der Waals surface area contributed by atoms with E-state index in [1.165, 1.54) is 0 Å². The van der Waals surface area contributed by atoms with Crippen molar-refractivity contribution >= 4 is 17.5 Å². The molecule has 0 bridgehead atoms. The van der Waals surface area contributed by atoms with Crippen molar-refractivity contribution in [2.24, 2.45) is 0 Å². The van der Waals surface area contributed by atoms with Crippen molar-refractivity contribution in [3.63, 3.8) is 0 Å². The van der Waals surface area contributed by atoms with Gasteiger partial charge < -0.3 is 9.64 Å². The summed E-state index contributed by atoms with van der Waals surface area (Å²) >= 11 is 5.92. The molecule has 0 aromatic heterocycles. The van der Waals surface area contributed by atoms with Gasteiger partial charge >= 0.3 is 0 Å². The number of hydrogen-bond acceptors (Lipinski definition) is 2. The van der Waals surface area contributed by atoms with Gasteiger partial charge in [-0.1, -0.05) is 23.7 Å². The van der Waals surface area contributed by atoms with Crippen LogP contribution < -0.4 is 0 Å². The van der Waals surface area contributed by atoms with Crippen LogP contribution in [0.1, 0.15) is 31.2 Å². The number of amides is 1. The predicted octanol–water partition coefficient (Wildman–Crippen LogP) is 2.97. The number of hydrogen-bond donors (Lipinski definition) is 0. The largest absolute Gasteiger partial charge is 0.362 e. The Morgan fingerprint density at radius 2 is 2.05 bits per heavy atom. The second-order valence-electron chi connectivity index (χ2n) is 5.42. The second-order valence-corrected chi connectivity index (χ2v) is 5.86. The quantitative estimate of drug-likeness (QED) is 0.851. The molecule has 1 aliphatic heterocycles. The SMILES string of the molecule is CO[C@H]1CCCN1C(=O)C1(c2ccc(Cl)cc2)CC1. The third-order valence-electron chi connectivity index (χ3n) is 4.29. The fraction of sp³-hybridized carbons (Fsp3) is 0.533. The summed E-state index contributed by atoms with van der Waals surface area (Å²) in [7, 11) is 1.68. The predicted molar refractivity (Wildman–Crippen MR) is 74.1 cm³/mol. The second kappa shape index (κ2) is 4.80. The van der Waals surface area contributed by atoms with Crippen LogP contribution in [0, 0.1) is 0 Å². The summed E-state index contributed by atoms with van der Waals surface area (Å²) in [5.74, 6) is 0.221. The van der Waals surface area contributed by atoms with Gasteiger partial charge in [-0.25, -0.2) is 0 Å². The molecule has 2 fully saturated rings. The lowest BCUT2D eigenvalue weighted by Gasteiger charge is -2.28. The summed E-state index contributed by atoms with van der Waals surface area (Å²) < 4.78 is 5.41. The summed E-state index contributed by atoms with van der Waals surface area (Å²) in [6.45, 7) is 0.812. The first-order valence-electron chi connectivity index (χ1n) is 6.77. The van der Waals surface area contributed by atoms with Crippen LogP contribution >= 0.6 is 11.6 Å². The molecule has 1 aliphatic carbocycles. The molecule has 4 heteroatoms. The van der Waals surface area contributed by atoms with E-state index < -0.39 is 0 Å². The van der Waals surface area contributed by atoms with Gasteiger partial charge in [-0.2, -0.15) is 0 Å². The lowest BCUT2D eigenvalue weighted by Crippen LogP contribution is -2.43. The Labute approximate surface area is 118 Å². The molecule has 2 aliphatic rings. The monoisotopic (exact) mass is 279 g/mol. The number of halogens is 1. The van der Waals surface area contributed by atoms with Crippen molar-refractivity contribution in [1.82, 2.24) is 4.90 Å². The van der Waals surface area contributed by atoms with E-state index in [1.54, 1.807) is 7.11 Å². The maximum Gasteiger partial charge on any atom is 0.235 e.